The van der Waals surface area contributed by atoms with E-state index in [0.29, 0.717) is 30.8 Å². The van der Waals surface area contributed by atoms with Crippen molar-refractivity contribution in [3.63, 3.8) is 0 Å². The third kappa shape index (κ3) is 3.63. The SMILES string of the molecule is Cc1ccc2c(c1)NC(=O)[C@](C)(C(=O)N1CCC[C@H]1C(=O)OCc1ccccc1)O2. The summed E-state index contributed by atoms with van der Waals surface area (Å²) >= 11 is 0. The minimum Gasteiger partial charge on any atom is -0.466 e. The molecule has 7 heteroatoms. The van der Waals surface area contributed by atoms with Crippen LogP contribution in [-0.4, -0.2) is 40.9 Å². The molecule has 7 nitrogen and oxygen atoms in total. The summed E-state index contributed by atoms with van der Waals surface area (Å²) in [4.78, 5) is 40.2. The molecule has 2 amide bonds. The average molecular weight is 408 g/mol. The molecule has 2 atom stereocenters. The number of likely N-dealkylation sites (tertiary alicyclic amines) is 1. The molecule has 4 rings (SSSR count). The molecular weight excluding hydrogens is 384 g/mol. The normalized spacial score (nSPS) is 22.7. The molecule has 1 saturated heterocycles. The van der Waals surface area contributed by atoms with Crippen molar-refractivity contribution in [3.8, 4) is 5.75 Å². The lowest BCUT2D eigenvalue weighted by atomic mass is 9.99. The first kappa shape index (κ1) is 19.9. The van der Waals surface area contributed by atoms with Gasteiger partial charge < -0.3 is 19.7 Å². The summed E-state index contributed by atoms with van der Waals surface area (Å²) in [7, 11) is 0. The average Bonchev–Trinajstić information content (AvgIpc) is 3.23. The summed E-state index contributed by atoms with van der Waals surface area (Å²) in [6.45, 7) is 3.86. The second kappa shape index (κ2) is 7.82. The van der Waals surface area contributed by atoms with Crippen LogP contribution >= 0.6 is 0 Å². The van der Waals surface area contributed by atoms with Crippen LogP contribution in [0.2, 0.25) is 0 Å². The fourth-order valence-corrected chi connectivity index (χ4v) is 3.83. The Kier molecular flexibility index (Phi) is 5.20. The Bertz CT molecular complexity index is 990. The fourth-order valence-electron chi connectivity index (χ4n) is 3.83. The van der Waals surface area contributed by atoms with E-state index in [4.69, 9.17) is 9.47 Å². The Labute approximate surface area is 175 Å². The zero-order valence-electron chi connectivity index (χ0n) is 17.0. The largest absolute Gasteiger partial charge is 0.466 e. The summed E-state index contributed by atoms with van der Waals surface area (Å²) in [5, 5.41) is 2.76. The van der Waals surface area contributed by atoms with E-state index in [9.17, 15) is 14.4 Å². The maximum atomic E-state index is 13.3. The van der Waals surface area contributed by atoms with E-state index in [-0.39, 0.29) is 6.61 Å². The Balaban J connectivity index is 1.49. The standard InChI is InChI=1S/C23H24N2O5/c1-15-10-11-19-17(13-15)24-21(27)23(2,30-19)22(28)25-12-6-9-18(25)20(26)29-14-16-7-4-3-5-8-16/h3-5,7-8,10-11,13,18H,6,9,12,14H2,1-2H3,(H,24,27)/t18-,23+/m0/s1. The monoisotopic (exact) mass is 408 g/mol. The number of rotatable bonds is 4. The summed E-state index contributed by atoms with van der Waals surface area (Å²) in [6.07, 6.45) is 1.15. The van der Waals surface area contributed by atoms with Crippen molar-refractivity contribution in [2.45, 2.75) is 44.9 Å². The van der Waals surface area contributed by atoms with E-state index in [1.54, 1.807) is 12.1 Å². The number of benzene rings is 2. The Hall–Kier alpha value is -3.35. The molecule has 1 fully saturated rings. The fraction of sp³-hybridized carbons (Fsp3) is 0.348. The van der Waals surface area contributed by atoms with Gasteiger partial charge in [0.1, 0.15) is 18.4 Å². The highest BCUT2D eigenvalue weighted by Crippen LogP contribution is 2.36. The number of amides is 2. The first-order valence-electron chi connectivity index (χ1n) is 10.0. The molecule has 30 heavy (non-hydrogen) atoms. The second-order valence-electron chi connectivity index (χ2n) is 7.84. The van der Waals surface area contributed by atoms with Gasteiger partial charge in [0, 0.05) is 6.54 Å². The van der Waals surface area contributed by atoms with Gasteiger partial charge >= 0.3 is 5.97 Å². The number of nitrogens with one attached hydrogen (secondary N) is 1. The number of hydrogen-bond acceptors (Lipinski definition) is 5. The zero-order chi connectivity index (χ0) is 21.3. The van der Waals surface area contributed by atoms with Crippen molar-refractivity contribution in [2.24, 2.45) is 0 Å². The number of esters is 1. The highest BCUT2D eigenvalue weighted by molar-refractivity contribution is 6.16. The number of carbonyl (C=O) groups is 3. The van der Waals surface area contributed by atoms with E-state index in [1.165, 1.54) is 11.8 Å². The molecule has 0 radical (unpaired) electrons. The third-order valence-corrected chi connectivity index (χ3v) is 5.55. The lowest BCUT2D eigenvalue weighted by molar-refractivity contribution is -0.163. The maximum absolute atomic E-state index is 13.3. The minimum absolute atomic E-state index is 0.138. The van der Waals surface area contributed by atoms with Crippen LogP contribution in [-0.2, 0) is 25.7 Å². The summed E-state index contributed by atoms with van der Waals surface area (Å²) in [6, 6.07) is 14.0. The van der Waals surface area contributed by atoms with Gasteiger partial charge in [-0.05, 0) is 49.9 Å². The van der Waals surface area contributed by atoms with Crippen molar-refractivity contribution in [2.75, 3.05) is 11.9 Å². The lowest BCUT2D eigenvalue weighted by Gasteiger charge is -2.37. The van der Waals surface area contributed by atoms with Crippen LogP contribution < -0.4 is 10.1 Å². The highest BCUT2D eigenvalue weighted by atomic mass is 16.5. The summed E-state index contributed by atoms with van der Waals surface area (Å²) < 4.78 is 11.3. The first-order chi connectivity index (χ1) is 14.4. The van der Waals surface area contributed by atoms with Crippen molar-refractivity contribution in [3.05, 3.63) is 59.7 Å². The van der Waals surface area contributed by atoms with Crippen LogP contribution in [0.3, 0.4) is 0 Å². The number of aryl methyl sites for hydroxylation is 1. The number of nitrogens with zero attached hydrogens (tertiary/aromatic N) is 1. The van der Waals surface area contributed by atoms with Gasteiger partial charge in [0.15, 0.2) is 0 Å². The van der Waals surface area contributed by atoms with Crippen LogP contribution in [0.4, 0.5) is 5.69 Å². The first-order valence-corrected chi connectivity index (χ1v) is 10.0. The van der Waals surface area contributed by atoms with Gasteiger partial charge in [-0.2, -0.15) is 0 Å². The molecule has 2 aliphatic heterocycles. The predicted octanol–water partition coefficient (Wildman–Crippen LogP) is 2.82. The van der Waals surface area contributed by atoms with Gasteiger partial charge in [-0.15, -0.1) is 0 Å². The van der Waals surface area contributed by atoms with Gasteiger partial charge in [-0.25, -0.2) is 4.79 Å². The molecule has 1 N–H and O–H groups in total. The third-order valence-electron chi connectivity index (χ3n) is 5.55. The maximum Gasteiger partial charge on any atom is 0.329 e. The van der Waals surface area contributed by atoms with Crippen molar-refractivity contribution < 1.29 is 23.9 Å². The van der Waals surface area contributed by atoms with Crippen molar-refractivity contribution in [1.29, 1.82) is 0 Å². The van der Waals surface area contributed by atoms with E-state index in [0.717, 1.165) is 11.1 Å². The van der Waals surface area contributed by atoms with E-state index >= 15 is 0 Å². The van der Waals surface area contributed by atoms with Crippen molar-refractivity contribution in [1.82, 2.24) is 4.90 Å². The Morgan fingerprint density at radius 3 is 2.77 bits per heavy atom. The Morgan fingerprint density at radius 2 is 2.00 bits per heavy atom. The van der Waals surface area contributed by atoms with Crippen LogP contribution in [0, 0.1) is 6.92 Å². The Morgan fingerprint density at radius 1 is 1.23 bits per heavy atom. The molecule has 0 aliphatic carbocycles. The van der Waals surface area contributed by atoms with Gasteiger partial charge in [0.2, 0.25) is 0 Å². The topological polar surface area (TPSA) is 84.9 Å². The number of ether oxygens (including phenoxy) is 2. The number of carbonyl (C=O) groups excluding carboxylic acids is 3. The van der Waals surface area contributed by atoms with E-state index in [1.807, 2.05) is 43.3 Å². The molecule has 2 heterocycles. The predicted molar refractivity (Wildman–Crippen MR) is 110 cm³/mol. The quantitative estimate of drug-likeness (QED) is 0.621. The molecule has 0 unspecified atom stereocenters. The molecule has 2 aromatic rings. The van der Waals surface area contributed by atoms with Gasteiger partial charge in [-0.1, -0.05) is 36.4 Å². The summed E-state index contributed by atoms with van der Waals surface area (Å²) in [5.41, 5.74) is 0.624. The van der Waals surface area contributed by atoms with Crippen LogP contribution in [0.15, 0.2) is 48.5 Å². The van der Waals surface area contributed by atoms with Crippen LogP contribution in [0.5, 0.6) is 5.75 Å². The van der Waals surface area contributed by atoms with Gasteiger partial charge in [0.25, 0.3) is 17.4 Å². The zero-order valence-corrected chi connectivity index (χ0v) is 17.0. The lowest BCUT2D eigenvalue weighted by Crippen LogP contribution is -2.61. The molecule has 2 aliphatic rings. The molecule has 0 aromatic heterocycles. The van der Waals surface area contributed by atoms with Crippen LogP contribution in [0.1, 0.15) is 30.9 Å². The molecule has 156 valence electrons. The van der Waals surface area contributed by atoms with Crippen molar-refractivity contribution >= 4 is 23.5 Å². The second-order valence-corrected chi connectivity index (χ2v) is 7.84. The van der Waals surface area contributed by atoms with Gasteiger partial charge in [0.05, 0.1) is 5.69 Å². The number of hydrogen-bond donors (Lipinski definition) is 1. The molecule has 0 bridgehead atoms. The molecular formula is C23H24N2O5. The van der Waals surface area contributed by atoms with Gasteiger partial charge in [-0.3, -0.25) is 9.59 Å². The summed E-state index contributed by atoms with van der Waals surface area (Å²) in [5.74, 6) is -1.13. The van der Waals surface area contributed by atoms with Crippen LogP contribution in [0.25, 0.3) is 0 Å². The number of fused-ring (bicyclic) bond motifs is 1. The minimum atomic E-state index is -1.75. The molecule has 0 spiro atoms. The van der Waals surface area contributed by atoms with E-state index in [2.05, 4.69) is 5.32 Å². The smallest absolute Gasteiger partial charge is 0.329 e. The number of anilines is 1. The molecule has 0 saturated carbocycles. The highest BCUT2D eigenvalue weighted by Gasteiger charge is 2.52. The molecule has 2 aromatic carbocycles. The van der Waals surface area contributed by atoms with E-state index < -0.39 is 29.4 Å².